The molecule has 0 amide bonds. The summed E-state index contributed by atoms with van der Waals surface area (Å²) >= 11 is 0. The molecule has 1 aromatic rings. The zero-order valence-electron chi connectivity index (χ0n) is 11.4. The van der Waals surface area contributed by atoms with E-state index in [1.54, 1.807) is 13.8 Å². The lowest BCUT2D eigenvalue weighted by Crippen LogP contribution is -2.41. The van der Waals surface area contributed by atoms with E-state index in [2.05, 4.69) is 0 Å². The Hall–Kier alpha value is -1.51. The van der Waals surface area contributed by atoms with Crippen molar-refractivity contribution in [3.8, 4) is 0 Å². The van der Waals surface area contributed by atoms with Crippen LogP contribution < -0.4 is 5.73 Å². The standard InChI is InChI=1S/C12H17N3O4S/c1-8-6-10(15(16)17)7-11(9(8)2)20(18,19)14-5-3-4-12(14)13/h6-7,12H,3-5,13H2,1-2H3. The zero-order chi connectivity index (χ0) is 15.1. The van der Waals surface area contributed by atoms with Gasteiger partial charge in [-0.1, -0.05) is 0 Å². The number of sulfonamides is 1. The van der Waals surface area contributed by atoms with Gasteiger partial charge in [0.25, 0.3) is 5.69 Å². The van der Waals surface area contributed by atoms with Crippen LogP contribution in [0.3, 0.4) is 0 Å². The highest BCUT2D eigenvalue weighted by Gasteiger charge is 2.35. The summed E-state index contributed by atoms with van der Waals surface area (Å²) in [4.78, 5) is 10.3. The predicted octanol–water partition coefficient (Wildman–Crippen LogP) is 1.28. The van der Waals surface area contributed by atoms with E-state index in [4.69, 9.17) is 5.73 Å². The highest BCUT2D eigenvalue weighted by atomic mass is 32.2. The van der Waals surface area contributed by atoms with Crippen LogP contribution in [0, 0.1) is 24.0 Å². The van der Waals surface area contributed by atoms with Gasteiger partial charge >= 0.3 is 0 Å². The van der Waals surface area contributed by atoms with Crippen LogP contribution >= 0.6 is 0 Å². The molecule has 7 nitrogen and oxygen atoms in total. The number of hydrogen-bond acceptors (Lipinski definition) is 5. The molecule has 0 radical (unpaired) electrons. The van der Waals surface area contributed by atoms with Crippen LogP contribution in [0.25, 0.3) is 0 Å². The van der Waals surface area contributed by atoms with E-state index in [0.29, 0.717) is 30.5 Å². The van der Waals surface area contributed by atoms with Gasteiger partial charge in [0.15, 0.2) is 0 Å². The van der Waals surface area contributed by atoms with E-state index >= 15 is 0 Å². The number of non-ortho nitro benzene ring substituents is 1. The van der Waals surface area contributed by atoms with Gasteiger partial charge in [0.2, 0.25) is 10.0 Å². The number of rotatable bonds is 3. The largest absolute Gasteiger partial charge is 0.315 e. The van der Waals surface area contributed by atoms with Gasteiger partial charge in [0.1, 0.15) is 0 Å². The molecule has 0 bridgehead atoms. The molecule has 1 atom stereocenters. The van der Waals surface area contributed by atoms with E-state index in [1.165, 1.54) is 10.4 Å². The summed E-state index contributed by atoms with van der Waals surface area (Å²) in [6.07, 6.45) is 0.749. The summed E-state index contributed by atoms with van der Waals surface area (Å²) in [7, 11) is -3.79. The first-order chi connectivity index (χ1) is 9.25. The Labute approximate surface area is 117 Å². The molecule has 1 aromatic carbocycles. The van der Waals surface area contributed by atoms with Crippen LogP contribution in [0.4, 0.5) is 5.69 Å². The van der Waals surface area contributed by atoms with Crippen LogP contribution in [-0.4, -0.2) is 30.4 Å². The molecule has 1 aliphatic heterocycles. The monoisotopic (exact) mass is 299 g/mol. The highest BCUT2D eigenvalue weighted by molar-refractivity contribution is 7.89. The van der Waals surface area contributed by atoms with Gasteiger partial charge in [-0.15, -0.1) is 0 Å². The molecular weight excluding hydrogens is 282 g/mol. The topological polar surface area (TPSA) is 107 Å². The van der Waals surface area contributed by atoms with Crippen LogP contribution in [0.2, 0.25) is 0 Å². The Morgan fingerprint density at radius 1 is 1.40 bits per heavy atom. The van der Waals surface area contributed by atoms with Gasteiger partial charge in [0.05, 0.1) is 16.0 Å². The minimum absolute atomic E-state index is 0.0263. The average molecular weight is 299 g/mol. The smallest absolute Gasteiger partial charge is 0.271 e. The molecular formula is C12H17N3O4S. The molecule has 1 aliphatic rings. The SMILES string of the molecule is Cc1cc([N+](=O)[O-])cc(S(=O)(=O)N2CCCC2N)c1C. The van der Waals surface area contributed by atoms with Crippen molar-refractivity contribution in [2.75, 3.05) is 6.54 Å². The molecule has 0 saturated carbocycles. The maximum atomic E-state index is 12.6. The summed E-state index contributed by atoms with van der Waals surface area (Å²) in [5, 5.41) is 10.9. The van der Waals surface area contributed by atoms with Crippen LogP contribution in [-0.2, 0) is 10.0 Å². The van der Waals surface area contributed by atoms with E-state index in [9.17, 15) is 18.5 Å². The molecule has 2 rings (SSSR count). The number of hydrogen-bond donors (Lipinski definition) is 1. The molecule has 0 aliphatic carbocycles. The maximum Gasteiger partial charge on any atom is 0.271 e. The van der Waals surface area contributed by atoms with E-state index in [0.717, 1.165) is 6.07 Å². The third-order valence-electron chi connectivity index (χ3n) is 3.65. The summed E-state index contributed by atoms with van der Waals surface area (Å²) in [5.74, 6) is 0. The molecule has 2 N–H and O–H groups in total. The number of benzene rings is 1. The fourth-order valence-electron chi connectivity index (χ4n) is 2.37. The first-order valence-electron chi connectivity index (χ1n) is 6.28. The van der Waals surface area contributed by atoms with Gasteiger partial charge in [-0.25, -0.2) is 8.42 Å². The molecule has 1 saturated heterocycles. The Morgan fingerprint density at radius 3 is 2.55 bits per heavy atom. The van der Waals surface area contributed by atoms with Crippen molar-refractivity contribution in [3.05, 3.63) is 33.4 Å². The molecule has 0 aromatic heterocycles. The molecule has 1 unspecified atom stereocenters. The van der Waals surface area contributed by atoms with Gasteiger partial charge in [-0.05, 0) is 37.8 Å². The number of nitrogens with zero attached hydrogens (tertiary/aromatic N) is 2. The Morgan fingerprint density at radius 2 is 2.05 bits per heavy atom. The summed E-state index contributed by atoms with van der Waals surface area (Å²) < 4.78 is 26.5. The lowest BCUT2D eigenvalue weighted by atomic mass is 10.1. The third kappa shape index (κ3) is 2.41. The fraction of sp³-hybridized carbons (Fsp3) is 0.500. The van der Waals surface area contributed by atoms with Crippen molar-refractivity contribution >= 4 is 15.7 Å². The second kappa shape index (κ2) is 5.12. The molecule has 8 heteroatoms. The number of nitrogens with two attached hydrogens (primary N) is 1. The van der Waals surface area contributed by atoms with Crippen LogP contribution in [0.1, 0.15) is 24.0 Å². The average Bonchev–Trinajstić information content (AvgIpc) is 2.79. The highest BCUT2D eigenvalue weighted by Crippen LogP contribution is 2.30. The summed E-state index contributed by atoms with van der Waals surface area (Å²) in [6, 6.07) is 2.49. The lowest BCUT2D eigenvalue weighted by Gasteiger charge is -2.22. The maximum absolute atomic E-state index is 12.6. The van der Waals surface area contributed by atoms with Crippen molar-refractivity contribution in [2.45, 2.75) is 37.8 Å². The van der Waals surface area contributed by atoms with Crippen molar-refractivity contribution in [1.29, 1.82) is 0 Å². The molecule has 20 heavy (non-hydrogen) atoms. The summed E-state index contributed by atoms with van der Waals surface area (Å²) in [5.41, 5.74) is 6.68. The quantitative estimate of drug-likeness (QED) is 0.668. The van der Waals surface area contributed by atoms with Crippen molar-refractivity contribution in [3.63, 3.8) is 0 Å². The molecule has 0 spiro atoms. The van der Waals surface area contributed by atoms with Crippen LogP contribution in [0.15, 0.2) is 17.0 Å². The number of nitro benzene ring substituents is 1. The third-order valence-corrected chi connectivity index (χ3v) is 5.70. The Balaban J connectivity index is 2.59. The van der Waals surface area contributed by atoms with Gasteiger partial charge in [-0.2, -0.15) is 4.31 Å². The first kappa shape index (κ1) is 14.9. The number of aryl methyl sites for hydroxylation is 1. The van der Waals surface area contributed by atoms with Gasteiger partial charge in [0, 0.05) is 18.7 Å². The van der Waals surface area contributed by atoms with Gasteiger partial charge < -0.3 is 5.73 Å². The zero-order valence-corrected chi connectivity index (χ0v) is 12.2. The Kier molecular flexibility index (Phi) is 3.81. The van der Waals surface area contributed by atoms with Crippen molar-refractivity contribution < 1.29 is 13.3 Å². The second-order valence-electron chi connectivity index (χ2n) is 4.97. The summed E-state index contributed by atoms with van der Waals surface area (Å²) in [6.45, 7) is 3.66. The minimum atomic E-state index is -3.79. The molecule has 1 fully saturated rings. The van der Waals surface area contributed by atoms with Crippen LogP contribution in [0.5, 0.6) is 0 Å². The minimum Gasteiger partial charge on any atom is -0.315 e. The first-order valence-corrected chi connectivity index (χ1v) is 7.72. The second-order valence-corrected chi connectivity index (χ2v) is 6.83. The van der Waals surface area contributed by atoms with Gasteiger partial charge in [-0.3, -0.25) is 10.1 Å². The molecule has 1 heterocycles. The predicted molar refractivity (Wildman–Crippen MR) is 73.7 cm³/mol. The lowest BCUT2D eigenvalue weighted by molar-refractivity contribution is -0.385. The van der Waals surface area contributed by atoms with Crippen molar-refractivity contribution in [1.82, 2.24) is 4.31 Å². The normalized spacial score (nSPS) is 20.2. The van der Waals surface area contributed by atoms with E-state index in [-0.39, 0.29) is 10.6 Å². The Bertz CT molecular complexity index is 657. The van der Waals surface area contributed by atoms with E-state index in [1.807, 2.05) is 0 Å². The molecule has 110 valence electrons. The van der Waals surface area contributed by atoms with Crippen molar-refractivity contribution in [2.24, 2.45) is 5.73 Å². The number of nitro groups is 1. The fourth-order valence-corrected chi connectivity index (χ4v) is 4.27. The van der Waals surface area contributed by atoms with E-state index < -0.39 is 21.1 Å².